The summed E-state index contributed by atoms with van der Waals surface area (Å²) in [4.78, 5) is 42.6. The summed E-state index contributed by atoms with van der Waals surface area (Å²) in [6, 6.07) is 17.1. The van der Waals surface area contributed by atoms with Crippen molar-refractivity contribution < 1.29 is 14.5 Å². The number of aryl methyl sites for hydroxylation is 1. The van der Waals surface area contributed by atoms with E-state index in [1.807, 2.05) is 60.9 Å². The first kappa shape index (κ1) is 26.1. The Morgan fingerprint density at radius 1 is 1.13 bits per heavy atom. The molecule has 4 aromatic rings. The molecule has 0 amide bonds. The Labute approximate surface area is 227 Å². The normalized spacial score (nSPS) is 15.2. The smallest absolute Gasteiger partial charge is 0.338 e. The van der Waals surface area contributed by atoms with Crippen LogP contribution in [-0.2, 0) is 9.53 Å². The molecule has 2 aromatic heterocycles. The van der Waals surface area contributed by atoms with Crippen LogP contribution in [-0.4, -0.2) is 26.6 Å². The molecule has 1 aliphatic rings. The number of hydrogen-bond acceptors (Lipinski definition) is 7. The van der Waals surface area contributed by atoms with Gasteiger partial charge in [-0.3, -0.25) is 19.5 Å². The van der Waals surface area contributed by atoms with Gasteiger partial charge in [0.15, 0.2) is 4.80 Å². The zero-order valence-electron chi connectivity index (χ0n) is 21.9. The van der Waals surface area contributed by atoms with Crippen LogP contribution in [0.2, 0.25) is 0 Å². The van der Waals surface area contributed by atoms with Gasteiger partial charge >= 0.3 is 5.97 Å². The minimum atomic E-state index is -0.656. The van der Waals surface area contributed by atoms with Crippen molar-refractivity contribution in [3.63, 3.8) is 0 Å². The van der Waals surface area contributed by atoms with Crippen LogP contribution in [0.1, 0.15) is 42.4 Å². The average Bonchev–Trinajstić information content (AvgIpc) is 3.37. The molecular weight excluding hydrogens is 516 g/mol. The van der Waals surface area contributed by atoms with Gasteiger partial charge in [0, 0.05) is 29.2 Å². The van der Waals surface area contributed by atoms with Crippen molar-refractivity contribution in [3.05, 3.63) is 124 Å². The molecule has 1 aliphatic heterocycles. The Hall–Kier alpha value is -4.57. The highest BCUT2D eigenvalue weighted by atomic mass is 32.1. The van der Waals surface area contributed by atoms with Gasteiger partial charge in [-0.15, -0.1) is 0 Å². The van der Waals surface area contributed by atoms with Gasteiger partial charge in [0.05, 0.1) is 33.4 Å². The number of carbonyl (C=O) groups excluding carboxylic acids is 1. The van der Waals surface area contributed by atoms with Crippen LogP contribution < -0.4 is 14.9 Å². The molecule has 198 valence electrons. The maximum absolute atomic E-state index is 13.8. The number of thiazole rings is 1. The van der Waals surface area contributed by atoms with Gasteiger partial charge in [-0.25, -0.2) is 9.79 Å². The van der Waals surface area contributed by atoms with Gasteiger partial charge in [0.1, 0.15) is 0 Å². The van der Waals surface area contributed by atoms with Crippen LogP contribution in [0.5, 0.6) is 0 Å². The second-order valence-corrected chi connectivity index (χ2v) is 10.2. The fraction of sp³-hybridized carbons (Fsp3) is 0.207. The van der Waals surface area contributed by atoms with E-state index in [1.54, 1.807) is 30.5 Å². The van der Waals surface area contributed by atoms with Crippen molar-refractivity contribution in [3.8, 4) is 5.69 Å². The number of hydrogen-bond donors (Lipinski definition) is 0. The third kappa shape index (κ3) is 4.63. The van der Waals surface area contributed by atoms with Crippen molar-refractivity contribution in [1.82, 2.24) is 9.13 Å². The summed E-state index contributed by atoms with van der Waals surface area (Å²) in [5.74, 6) is -0.492. The molecule has 0 saturated carbocycles. The molecule has 9 nitrogen and oxygen atoms in total. The van der Waals surface area contributed by atoms with Crippen molar-refractivity contribution in [2.24, 2.45) is 4.99 Å². The number of nitro benzene ring substituents is 1. The lowest BCUT2D eigenvalue weighted by Crippen LogP contribution is -2.39. The number of rotatable bonds is 6. The summed E-state index contributed by atoms with van der Waals surface area (Å²) in [5.41, 5.74) is 4.86. The van der Waals surface area contributed by atoms with E-state index in [2.05, 4.69) is 4.99 Å². The Morgan fingerprint density at radius 2 is 1.82 bits per heavy atom. The molecule has 1 atom stereocenters. The second kappa shape index (κ2) is 10.3. The summed E-state index contributed by atoms with van der Waals surface area (Å²) in [6.07, 6.45) is 1.83. The van der Waals surface area contributed by atoms with Gasteiger partial charge < -0.3 is 9.30 Å². The SMILES string of the molecule is CCOC(=O)C1=C(C)N=c2s/c(=C\c3cc(C)n(-c4ccc([N+](=O)[O-])cc4)c3C)c(=O)n2C1c1ccccc1. The van der Waals surface area contributed by atoms with E-state index in [-0.39, 0.29) is 17.9 Å². The van der Waals surface area contributed by atoms with Crippen molar-refractivity contribution in [2.45, 2.75) is 33.7 Å². The molecule has 5 rings (SSSR count). The number of esters is 1. The molecule has 0 radical (unpaired) electrons. The van der Waals surface area contributed by atoms with Crippen molar-refractivity contribution >= 4 is 29.1 Å². The first-order chi connectivity index (χ1) is 18.7. The largest absolute Gasteiger partial charge is 0.463 e. The van der Waals surface area contributed by atoms with Crippen molar-refractivity contribution in [2.75, 3.05) is 6.61 Å². The first-order valence-electron chi connectivity index (χ1n) is 12.4. The highest BCUT2D eigenvalue weighted by Gasteiger charge is 2.33. The summed E-state index contributed by atoms with van der Waals surface area (Å²) in [5, 5.41) is 11.1. The van der Waals surface area contributed by atoms with Crippen LogP contribution in [0.25, 0.3) is 11.8 Å². The third-order valence-corrected chi connectivity index (χ3v) is 7.69. The van der Waals surface area contributed by atoms with E-state index in [1.165, 1.54) is 23.5 Å². The number of non-ortho nitro benzene ring substituents is 1. The Kier molecular flexibility index (Phi) is 6.88. The van der Waals surface area contributed by atoms with Crippen LogP contribution in [0.3, 0.4) is 0 Å². The topological polar surface area (TPSA) is 109 Å². The van der Waals surface area contributed by atoms with Gasteiger partial charge in [-0.1, -0.05) is 41.7 Å². The fourth-order valence-corrected chi connectivity index (χ4v) is 5.98. The summed E-state index contributed by atoms with van der Waals surface area (Å²) >= 11 is 1.27. The quantitative estimate of drug-likeness (QED) is 0.207. The molecule has 0 fully saturated rings. The first-order valence-corrected chi connectivity index (χ1v) is 13.2. The lowest BCUT2D eigenvalue weighted by molar-refractivity contribution is -0.384. The molecule has 2 aromatic carbocycles. The minimum absolute atomic E-state index is 0.0213. The Bertz CT molecular complexity index is 1810. The van der Waals surface area contributed by atoms with E-state index >= 15 is 0 Å². The summed E-state index contributed by atoms with van der Waals surface area (Å²) in [7, 11) is 0. The van der Waals surface area contributed by atoms with Gasteiger partial charge in [-0.05, 0) is 63.1 Å². The molecule has 0 saturated heterocycles. The van der Waals surface area contributed by atoms with Gasteiger partial charge in [0.25, 0.3) is 11.2 Å². The second-order valence-electron chi connectivity index (χ2n) is 9.15. The monoisotopic (exact) mass is 542 g/mol. The Balaban J connectivity index is 1.65. The maximum Gasteiger partial charge on any atom is 0.338 e. The van der Waals surface area contributed by atoms with E-state index in [0.717, 1.165) is 28.2 Å². The van der Waals surface area contributed by atoms with E-state index < -0.39 is 16.9 Å². The maximum atomic E-state index is 13.8. The molecule has 0 N–H and O–H groups in total. The average molecular weight is 543 g/mol. The molecule has 0 bridgehead atoms. The number of aromatic nitrogens is 2. The highest BCUT2D eigenvalue weighted by Crippen LogP contribution is 2.30. The predicted octanol–water partition coefficient (Wildman–Crippen LogP) is 4.11. The van der Waals surface area contributed by atoms with Gasteiger partial charge in [-0.2, -0.15) is 0 Å². The molecule has 0 spiro atoms. The molecular formula is C29H26N4O5S. The summed E-state index contributed by atoms with van der Waals surface area (Å²) in [6.45, 7) is 7.60. The lowest BCUT2D eigenvalue weighted by Gasteiger charge is -2.24. The third-order valence-electron chi connectivity index (χ3n) is 6.71. The number of carbonyl (C=O) groups is 1. The summed E-state index contributed by atoms with van der Waals surface area (Å²) < 4.78 is 9.38. The van der Waals surface area contributed by atoms with Crippen LogP contribution >= 0.6 is 11.3 Å². The van der Waals surface area contributed by atoms with Crippen LogP contribution in [0.15, 0.2) is 81.7 Å². The highest BCUT2D eigenvalue weighted by molar-refractivity contribution is 7.07. The van der Waals surface area contributed by atoms with E-state index in [9.17, 15) is 19.7 Å². The molecule has 10 heteroatoms. The predicted molar refractivity (Wildman–Crippen MR) is 149 cm³/mol. The molecule has 1 unspecified atom stereocenters. The number of allylic oxidation sites excluding steroid dienone is 1. The van der Waals surface area contributed by atoms with Crippen LogP contribution in [0.4, 0.5) is 5.69 Å². The molecule has 39 heavy (non-hydrogen) atoms. The van der Waals surface area contributed by atoms with Crippen LogP contribution in [0, 0.1) is 24.0 Å². The van der Waals surface area contributed by atoms with E-state index in [0.29, 0.717) is 20.6 Å². The number of nitrogens with zero attached hydrogens (tertiary/aromatic N) is 4. The van der Waals surface area contributed by atoms with E-state index in [4.69, 9.17) is 4.74 Å². The number of ether oxygens (including phenoxy) is 1. The number of fused-ring (bicyclic) bond motifs is 1. The number of benzene rings is 2. The molecule has 0 aliphatic carbocycles. The molecule has 3 heterocycles. The van der Waals surface area contributed by atoms with Gasteiger partial charge in [0.2, 0.25) is 0 Å². The minimum Gasteiger partial charge on any atom is -0.463 e. The Morgan fingerprint density at radius 3 is 2.46 bits per heavy atom. The standard InChI is InChI=1S/C29H26N4O5S/c1-5-38-28(35)25-18(3)30-29-32(26(25)20-9-7-6-8-10-20)27(34)24(39-29)16-21-15-17(2)31(19(21)4)22-11-13-23(14-12-22)33(36)37/h6-16,26H,5H2,1-4H3/b24-16-. The number of nitro groups is 1. The van der Waals surface area contributed by atoms with Crippen molar-refractivity contribution in [1.29, 1.82) is 0 Å². The zero-order valence-corrected chi connectivity index (χ0v) is 22.7. The zero-order chi connectivity index (χ0) is 27.8. The lowest BCUT2D eigenvalue weighted by atomic mass is 9.96. The fourth-order valence-electron chi connectivity index (χ4n) is 4.94.